The molecule has 1 heterocycles. The van der Waals surface area contributed by atoms with Crippen LogP contribution in [-0.2, 0) is 9.47 Å². The third-order valence-corrected chi connectivity index (χ3v) is 17.6. The van der Waals surface area contributed by atoms with Crippen LogP contribution in [0.5, 0.6) is 0 Å². The summed E-state index contributed by atoms with van der Waals surface area (Å²) >= 11 is 0. The summed E-state index contributed by atoms with van der Waals surface area (Å²) < 4.78 is 11.0. The second-order valence-corrected chi connectivity index (χ2v) is 20.1. The molecule has 5 saturated carbocycles. The summed E-state index contributed by atoms with van der Waals surface area (Å²) in [5.74, 6) is 4.12. The number of fused-ring (bicyclic) bond motifs is 7. The summed E-state index contributed by atoms with van der Waals surface area (Å²) in [7, 11) is 0. The Labute approximate surface area is 302 Å². The highest BCUT2D eigenvalue weighted by Gasteiger charge is 2.70. The van der Waals surface area contributed by atoms with Crippen molar-refractivity contribution in [3.8, 4) is 0 Å². The number of hydrogen-bond donors (Lipinski definition) is 7. The molecular weight excluding hydrogens is 634 g/mol. The second-order valence-electron chi connectivity index (χ2n) is 20.1. The van der Waals surface area contributed by atoms with Gasteiger partial charge in [0.1, 0.15) is 30.5 Å². The molecule has 0 spiro atoms. The van der Waals surface area contributed by atoms with E-state index in [0.717, 1.165) is 24.2 Å². The molecular formula is C41H73NO8. The third kappa shape index (κ3) is 6.17. The SMILES string of the molecule is C[C@H](CC[C@@H](O)[C@@H](O)[C@@H](O)CO[C@@H]1O[C@H](CO)[C@@H](O)[C@H](O)[C@H]1N)[C@@H]1CC[C@@]2(C)[C@H]3CC[C@@H]4[C@]5(C)CCCC(C)(C)[C@@H]5CC[C@@]4(C)[C@]3(C)CC[C@@H]12. The van der Waals surface area contributed by atoms with Crippen molar-refractivity contribution >= 4 is 0 Å². The predicted octanol–water partition coefficient (Wildman–Crippen LogP) is 4.76. The van der Waals surface area contributed by atoms with Gasteiger partial charge in [0.25, 0.3) is 0 Å². The predicted molar refractivity (Wildman–Crippen MR) is 193 cm³/mol. The Kier molecular flexibility index (Phi) is 11.1. The van der Waals surface area contributed by atoms with Crippen LogP contribution in [0.1, 0.15) is 132 Å². The maximum Gasteiger partial charge on any atom is 0.175 e. The van der Waals surface area contributed by atoms with E-state index < -0.39 is 55.6 Å². The smallest absolute Gasteiger partial charge is 0.175 e. The summed E-state index contributed by atoms with van der Waals surface area (Å²) in [6, 6.07) is -1.10. The van der Waals surface area contributed by atoms with Crippen molar-refractivity contribution in [3.05, 3.63) is 0 Å². The molecule has 6 rings (SSSR count). The number of nitrogens with two attached hydrogens (primary N) is 1. The average molecular weight is 708 g/mol. The van der Waals surface area contributed by atoms with Crippen LogP contribution in [0.25, 0.3) is 0 Å². The lowest BCUT2D eigenvalue weighted by Crippen LogP contribution is -2.65. The van der Waals surface area contributed by atoms with Crippen LogP contribution < -0.4 is 5.73 Å². The molecule has 6 aliphatic rings. The highest BCUT2D eigenvalue weighted by Crippen LogP contribution is 2.78. The Hall–Kier alpha value is -0.360. The quantitative estimate of drug-likeness (QED) is 0.170. The zero-order valence-electron chi connectivity index (χ0n) is 32.3. The third-order valence-electron chi connectivity index (χ3n) is 17.6. The molecule has 1 aliphatic heterocycles. The first-order chi connectivity index (χ1) is 23.4. The maximum absolute atomic E-state index is 10.9. The van der Waals surface area contributed by atoms with E-state index in [1.165, 1.54) is 70.6 Å². The van der Waals surface area contributed by atoms with Gasteiger partial charge in [-0.1, -0.05) is 54.9 Å². The van der Waals surface area contributed by atoms with E-state index >= 15 is 0 Å². The fraction of sp³-hybridized carbons (Fsp3) is 1.00. The van der Waals surface area contributed by atoms with Gasteiger partial charge in [-0.3, -0.25) is 0 Å². The molecule has 8 N–H and O–H groups in total. The van der Waals surface area contributed by atoms with Gasteiger partial charge in [0.15, 0.2) is 6.29 Å². The lowest BCUT2D eigenvalue weighted by Gasteiger charge is -2.73. The maximum atomic E-state index is 10.9. The number of ether oxygens (including phenoxy) is 2. The summed E-state index contributed by atoms with van der Waals surface area (Å²) in [5.41, 5.74) is 7.96. The Morgan fingerprint density at radius 2 is 1.38 bits per heavy atom. The zero-order valence-corrected chi connectivity index (χ0v) is 32.3. The Morgan fingerprint density at radius 1 is 0.740 bits per heavy atom. The number of rotatable bonds is 10. The lowest BCUT2D eigenvalue weighted by atomic mass is 9.32. The van der Waals surface area contributed by atoms with Crippen LogP contribution in [0.3, 0.4) is 0 Å². The molecule has 18 atom stereocenters. The summed E-state index contributed by atoms with van der Waals surface area (Å²) in [6.45, 7) is 17.3. The first-order valence-electron chi connectivity index (χ1n) is 20.4. The van der Waals surface area contributed by atoms with Gasteiger partial charge in [0, 0.05) is 0 Å². The van der Waals surface area contributed by atoms with Crippen molar-refractivity contribution in [2.75, 3.05) is 13.2 Å². The van der Waals surface area contributed by atoms with E-state index in [4.69, 9.17) is 15.2 Å². The minimum atomic E-state index is -1.42. The Morgan fingerprint density at radius 3 is 2.04 bits per heavy atom. The molecule has 0 aromatic heterocycles. The monoisotopic (exact) mass is 708 g/mol. The molecule has 0 amide bonds. The van der Waals surface area contributed by atoms with Crippen LogP contribution in [0.4, 0.5) is 0 Å². The fourth-order valence-electron chi connectivity index (χ4n) is 14.6. The average Bonchev–Trinajstić information content (AvgIpc) is 3.42. The first kappa shape index (κ1) is 39.3. The Balaban J connectivity index is 1.05. The normalized spacial score (nSPS) is 51.0. The van der Waals surface area contributed by atoms with Crippen LogP contribution in [-0.4, -0.2) is 92.8 Å². The fourth-order valence-corrected chi connectivity index (χ4v) is 14.6. The van der Waals surface area contributed by atoms with E-state index in [1.54, 1.807) is 0 Å². The molecule has 290 valence electrons. The van der Waals surface area contributed by atoms with Gasteiger partial charge in [-0.2, -0.15) is 0 Å². The van der Waals surface area contributed by atoms with E-state index in [1.807, 2.05) is 0 Å². The molecule has 0 bridgehead atoms. The van der Waals surface area contributed by atoms with Crippen LogP contribution in [0.15, 0.2) is 0 Å². The molecule has 9 heteroatoms. The molecule has 0 aromatic carbocycles. The number of aliphatic hydroxyl groups excluding tert-OH is 6. The minimum absolute atomic E-state index is 0.343. The van der Waals surface area contributed by atoms with Crippen LogP contribution in [0.2, 0.25) is 0 Å². The van der Waals surface area contributed by atoms with Gasteiger partial charge in [-0.15, -0.1) is 0 Å². The van der Waals surface area contributed by atoms with Gasteiger partial charge in [-0.05, 0) is 140 Å². The molecule has 6 fully saturated rings. The molecule has 0 aromatic rings. The molecule has 50 heavy (non-hydrogen) atoms. The molecule has 9 nitrogen and oxygen atoms in total. The van der Waals surface area contributed by atoms with E-state index in [9.17, 15) is 30.6 Å². The van der Waals surface area contributed by atoms with Crippen molar-refractivity contribution in [1.82, 2.24) is 0 Å². The van der Waals surface area contributed by atoms with Crippen molar-refractivity contribution < 1.29 is 40.1 Å². The molecule has 1 saturated heterocycles. The molecule has 0 unspecified atom stereocenters. The van der Waals surface area contributed by atoms with Crippen molar-refractivity contribution in [1.29, 1.82) is 0 Å². The van der Waals surface area contributed by atoms with Gasteiger partial charge in [-0.25, -0.2) is 0 Å². The van der Waals surface area contributed by atoms with Gasteiger partial charge in [0.2, 0.25) is 0 Å². The van der Waals surface area contributed by atoms with Crippen molar-refractivity contribution in [3.63, 3.8) is 0 Å². The first-order valence-corrected chi connectivity index (χ1v) is 20.4. The van der Waals surface area contributed by atoms with Crippen LogP contribution >= 0.6 is 0 Å². The second kappa shape index (κ2) is 14.1. The van der Waals surface area contributed by atoms with Gasteiger partial charge in [0.05, 0.1) is 25.4 Å². The summed E-state index contributed by atoms with van der Waals surface area (Å²) in [6.07, 6.45) is 7.10. The largest absolute Gasteiger partial charge is 0.394 e. The highest BCUT2D eigenvalue weighted by molar-refractivity contribution is 5.19. The number of hydrogen-bond acceptors (Lipinski definition) is 9. The molecule has 0 radical (unpaired) electrons. The number of aliphatic hydroxyl groups is 6. The van der Waals surface area contributed by atoms with Crippen molar-refractivity contribution in [2.24, 2.45) is 68.3 Å². The van der Waals surface area contributed by atoms with Crippen LogP contribution in [0, 0.1) is 62.6 Å². The topological polar surface area (TPSA) is 166 Å². The van der Waals surface area contributed by atoms with E-state index in [-0.39, 0.29) is 6.61 Å². The van der Waals surface area contributed by atoms with E-state index in [2.05, 4.69) is 48.5 Å². The summed E-state index contributed by atoms with van der Waals surface area (Å²) in [4.78, 5) is 0. The highest BCUT2D eigenvalue weighted by atomic mass is 16.7. The van der Waals surface area contributed by atoms with Gasteiger partial charge >= 0.3 is 0 Å². The zero-order chi connectivity index (χ0) is 36.6. The minimum Gasteiger partial charge on any atom is -0.394 e. The standard InChI is InChI=1S/C41H73NO8/c1-23(9-10-26(44)33(46)27(45)22-49-36-32(42)35(48)34(47)28(21-43)50-36)24-13-18-38(4)25(24)14-19-40(6)30(38)11-12-31-39(5)17-8-16-37(2,3)29(39)15-20-41(31,40)7/h23-36,43-48H,8-22,42H2,1-7H3/t23-,24+,25+,26-,27+,28-,29+,30-,31-,32-,33-,34-,35-,36-,38-,39-,40-,41-/m1/s1. The molecule has 5 aliphatic carbocycles. The van der Waals surface area contributed by atoms with Crippen molar-refractivity contribution in [2.45, 2.75) is 181 Å². The summed E-state index contributed by atoms with van der Waals surface area (Å²) in [5, 5.41) is 62.0. The van der Waals surface area contributed by atoms with Gasteiger partial charge < -0.3 is 45.8 Å². The Bertz CT molecular complexity index is 1190. The van der Waals surface area contributed by atoms with E-state index in [0.29, 0.717) is 51.2 Å². The lowest BCUT2D eigenvalue weighted by molar-refractivity contribution is -0.273.